The highest BCUT2D eigenvalue weighted by Gasteiger charge is 2.19. The lowest BCUT2D eigenvalue weighted by Crippen LogP contribution is -2.23. The molecular weight excluding hydrogens is 397 g/mol. The van der Waals surface area contributed by atoms with Gasteiger partial charge in [-0.05, 0) is 56.3 Å². The fourth-order valence-corrected chi connectivity index (χ4v) is 3.49. The van der Waals surface area contributed by atoms with E-state index in [2.05, 4.69) is 21.2 Å². The maximum Gasteiger partial charge on any atom is 0.251 e. The normalized spacial score (nSPS) is 11.5. The molecule has 2 rings (SSSR count). The van der Waals surface area contributed by atoms with E-state index in [4.69, 9.17) is 0 Å². The average molecular weight is 414 g/mol. The fraction of sp³-hybridized carbons (Fsp3) is 0.235. The van der Waals surface area contributed by atoms with Gasteiger partial charge in [-0.25, -0.2) is 12.8 Å². The monoisotopic (exact) mass is 413 g/mol. The Labute approximate surface area is 149 Å². The van der Waals surface area contributed by atoms with Crippen molar-refractivity contribution < 1.29 is 17.6 Å². The number of sulfone groups is 1. The second kappa shape index (κ2) is 7.44. The Morgan fingerprint density at radius 3 is 2.38 bits per heavy atom. The molecule has 0 radical (unpaired) electrons. The summed E-state index contributed by atoms with van der Waals surface area (Å²) in [5, 5.41) is 2.08. The highest BCUT2D eigenvalue weighted by molar-refractivity contribution is 9.10. The molecule has 0 aromatic heterocycles. The average Bonchev–Trinajstić information content (AvgIpc) is 2.55. The Morgan fingerprint density at radius 1 is 1.17 bits per heavy atom. The van der Waals surface area contributed by atoms with Crippen LogP contribution in [0.25, 0.3) is 0 Å². The molecule has 1 amide bonds. The summed E-state index contributed by atoms with van der Waals surface area (Å²) in [6.45, 7) is 3.24. The molecule has 2 aromatic rings. The van der Waals surface area contributed by atoms with Gasteiger partial charge in [0, 0.05) is 22.1 Å². The molecule has 0 unspecified atom stereocenters. The Morgan fingerprint density at radius 2 is 1.79 bits per heavy atom. The highest BCUT2D eigenvalue weighted by Crippen LogP contribution is 2.17. The summed E-state index contributed by atoms with van der Waals surface area (Å²) >= 11 is 3.25. The lowest BCUT2D eigenvalue weighted by molar-refractivity contribution is 0.0950. The maximum absolute atomic E-state index is 13.6. The molecule has 0 aliphatic rings. The van der Waals surface area contributed by atoms with Crippen LogP contribution in [0, 0.1) is 5.82 Å². The fourth-order valence-electron chi connectivity index (χ4n) is 2.02. The molecule has 0 saturated carbocycles. The predicted octanol–water partition coefficient (Wildman–Crippen LogP) is 3.70. The number of carbonyl (C=O) groups excluding carboxylic acids is 1. The summed E-state index contributed by atoms with van der Waals surface area (Å²) in [6.07, 6.45) is 0. The van der Waals surface area contributed by atoms with Crippen LogP contribution in [-0.2, 0) is 16.4 Å². The number of rotatable bonds is 5. The largest absolute Gasteiger partial charge is 0.348 e. The van der Waals surface area contributed by atoms with Gasteiger partial charge in [-0.2, -0.15) is 0 Å². The lowest BCUT2D eigenvalue weighted by atomic mass is 10.2. The van der Waals surface area contributed by atoms with Crippen LogP contribution in [0.5, 0.6) is 0 Å². The predicted molar refractivity (Wildman–Crippen MR) is 94.0 cm³/mol. The standard InChI is InChI=1S/C17H17BrFNO3S/c1-11(2)24(22,23)15-6-3-12(4-7-15)17(21)20-10-13-9-14(18)5-8-16(13)19/h3-9,11H,10H2,1-2H3,(H,20,21). The molecule has 0 saturated heterocycles. The van der Waals surface area contributed by atoms with Crippen molar-refractivity contribution in [3.8, 4) is 0 Å². The zero-order valence-electron chi connectivity index (χ0n) is 13.2. The molecule has 0 aliphatic heterocycles. The molecule has 4 nitrogen and oxygen atoms in total. The van der Waals surface area contributed by atoms with Gasteiger partial charge in [0.15, 0.2) is 9.84 Å². The van der Waals surface area contributed by atoms with Gasteiger partial charge < -0.3 is 5.32 Å². The second-order valence-electron chi connectivity index (χ2n) is 5.54. The number of nitrogens with one attached hydrogen (secondary N) is 1. The number of carbonyl (C=O) groups is 1. The van der Waals surface area contributed by atoms with E-state index in [1.54, 1.807) is 26.0 Å². The minimum Gasteiger partial charge on any atom is -0.348 e. The van der Waals surface area contributed by atoms with Crippen molar-refractivity contribution in [1.29, 1.82) is 0 Å². The van der Waals surface area contributed by atoms with Gasteiger partial charge in [0.05, 0.1) is 10.1 Å². The minimum absolute atomic E-state index is 0.0378. The first-order chi connectivity index (χ1) is 11.2. The smallest absolute Gasteiger partial charge is 0.251 e. The number of hydrogen-bond acceptors (Lipinski definition) is 3. The summed E-state index contributed by atoms with van der Waals surface area (Å²) in [6, 6.07) is 10.2. The SMILES string of the molecule is CC(C)S(=O)(=O)c1ccc(C(=O)NCc2cc(Br)ccc2F)cc1. The van der Waals surface area contributed by atoms with Crippen LogP contribution in [0.15, 0.2) is 51.8 Å². The van der Waals surface area contributed by atoms with Crippen LogP contribution in [0.3, 0.4) is 0 Å². The third-order valence-corrected chi connectivity index (χ3v) is 6.18. The second-order valence-corrected chi connectivity index (χ2v) is 8.96. The van der Waals surface area contributed by atoms with Gasteiger partial charge in [-0.15, -0.1) is 0 Å². The molecule has 7 heteroatoms. The number of benzene rings is 2. The third-order valence-electron chi connectivity index (χ3n) is 3.51. The van der Waals surface area contributed by atoms with Crippen molar-refractivity contribution in [2.75, 3.05) is 0 Å². The van der Waals surface area contributed by atoms with Gasteiger partial charge in [0.25, 0.3) is 5.91 Å². The van der Waals surface area contributed by atoms with Gasteiger partial charge in [0.1, 0.15) is 5.82 Å². The molecule has 24 heavy (non-hydrogen) atoms. The topological polar surface area (TPSA) is 63.2 Å². The number of halogens is 2. The number of hydrogen-bond donors (Lipinski definition) is 1. The molecule has 2 aromatic carbocycles. The summed E-state index contributed by atoms with van der Waals surface area (Å²) < 4.78 is 38.5. The van der Waals surface area contributed by atoms with Gasteiger partial charge in [-0.1, -0.05) is 15.9 Å². The molecule has 1 N–H and O–H groups in total. The van der Waals surface area contributed by atoms with Crippen molar-refractivity contribution >= 4 is 31.7 Å². The van der Waals surface area contributed by atoms with E-state index in [1.165, 1.54) is 30.3 Å². The van der Waals surface area contributed by atoms with E-state index >= 15 is 0 Å². The van der Waals surface area contributed by atoms with Crippen molar-refractivity contribution in [2.45, 2.75) is 30.5 Å². The molecule has 0 fully saturated rings. The van der Waals surface area contributed by atoms with Crippen LogP contribution >= 0.6 is 15.9 Å². The van der Waals surface area contributed by atoms with Crippen LogP contribution in [0.2, 0.25) is 0 Å². The van der Waals surface area contributed by atoms with Crippen LogP contribution in [-0.4, -0.2) is 19.6 Å². The van der Waals surface area contributed by atoms with Crippen molar-refractivity contribution in [2.24, 2.45) is 0 Å². The first-order valence-corrected chi connectivity index (χ1v) is 9.62. The third kappa shape index (κ3) is 4.21. The summed E-state index contributed by atoms with van der Waals surface area (Å²) in [7, 11) is -3.37. The molecule has 128 valence electrons. The van der Waals surface area contributed by atoms with Gasteiger partial charge >= 0.3 is 0 Å². The van der Waals surface area contributed by atoms with E-state index in [1.807, 2.05) is 0 Å². The first kappa shape index (κ1) is 18.6. The van der Waals surface area contributed by atoms with E-state index in [0.717, 1.165) is 4.47 Å². The van der Waals surface area contributed by atoms with Crippen LogP contribution < -0.4 is 5.32 Å². The van der Waals surface area contributed by atoms with E-state index in [9.17, 15) is 17.6 Å². The Balaban J connectivity index is 2.09. The number of amides is 1. The lowest BCUT2D eigenvalue weighted by Gasteiger charge is -2.09. The molecular formula is C17H17BrFNO3S. The van der Waals surface area contributed by atoms with Crippen molar-refractivity contribution in [3.05, 3.63) is 63.9 Å². The van der Waals surface area contributed by atoms with Crippen LogP contribution in [0.4, 0.5) is 4.39 Å². The highest BCUT2D eigenvalue weighted by atomic mass is 79.9. The molecule has 0 spiro atoms. The summed E-state index contributed by atoms with van der Waals surface area (Å²) in [5.74, 6) is -0.806. The Bertz CT molecular complexity index is 849. The van der Waals surface area contributed by atoms with Gasteiger partial charge in [0.2, 0.25) is 0 Å². The Kier molecular flexibility index (Phi) is 5.77. The first-order valence-electron chi connectivity index (χ1n) is 7.28. The molecule has 0 aliphatic carbocycles. The van der Waals surface area contributed by atoms with Crippen molar-refractivity contribution in [1.82, 2.24) is 5.32 Å². The van der Waals surface area contributed by atoms with Crippen LogP contribution in [0.1, 0.15) is 29.8 Å². The molecule has 0 bridgehead atoms. The van der Waals surface area contributed by atoms with E-state index < -0.39 is 26.8 Å². The minimum atomic E-state index is -3.37. The van der Waals surface area contributed by atoms with Crippen molar-refractivity contribution in [3.63, 3.8) is 0 Å². The zero-order valence-corrected chi connectivity index (χ0v) is 15.6. The summed E-state index contributed by atoms with van der Waals surface area (Å²) in [5.41, 5.74) is 0.671. The van der Waals surface area contributed by atoms with E-state index in [-0.39, 0.29) is 11.4 Å². The van der Waals surface area contributed by atoms with E-state index in [0.29, 0.717) is 11.1 Å². The maximum atomic E-state index is 13.6. The van der Waals surface area contributed by atoms with Gasteiger partial charge in [-0.3, -0.25) is 4.79 Å². The zero-order chi connectivity index (χ0) is 17.9. The molecule has 0 heterocycles. The summed E-state index contributed by atoms with van der Waals surface area (Å²) in [4.78, 5) is 12.3. The Hall–Kier alpha value is -1.73. The quantitative estimate of drug-likeness (QED) is 0.812. The molecule has 0 atom stereocenters.